The molecule has 1 rings (SSSR count). The first kappa shape index (κ1) is 32.6. The van der Waals surface area contributed by atoms with E-state index in [-0.39, 0.29) is 31.4 Å². The van der Waals surface area contributed by atoms with Crippen LogP contribution in [-0.2, 0) is 30.6 Å². The van der Waals surface area contributed by atoms with E-state index in [9.17, 15) is 14.4 Å². The summed E-state index contributed by atoms with van der Waals surface area (Å²) < 4.78 is 0. The van der Waals surface area contributed by atoms with Gasteiger partial charge < -0.3 is 31.8 Å². The molecule has 32 heavy (non-hydrogen) atoms. The fraction of sp³-hybridized carbons (Fsp3) is 0.500. The van der Waals surface area contributed by atoms with Crippen LogP contribution >= 0.6 is 0 Å². The maximum Gasteiger partial charge on any atom is 0.243 e. The van der Waals surface area contributed by atoms with Crippen LogP contribution in [0.3, 0.4) is 0 Å². The van der Waals surface area contributed by atoms with Gasteiger partial charge in [0.05, 0.1) is 19.2 Å². The Balaban J connectivity index is -0.000000804. The van der Waals surface area contributed by atoms with E-state index in [0.29, 0.717) is 5.69 Å². The Morgan fingerprint density at radius 2 is 1.78 bits per heavy atom. The van der Waals surface area contributed by atoms with Gasteiger partial charge in [-0.05, 0) is 43.6 Å². The molecule has 0 aliphatic heterocycles. The number of primary amides is 1. The van der Waals surface area contributed by atoms with Crippen LogP contribution < -0.4 is 32.9 Å². The van der Waals surface area contributed by atoms with Gasteiger partial charge in [0.15, 0.2) is 0 Å². The molecular formula is C20H35FmN6O5-. The molecule has 0 spiro atoms. The maximum absolute atomic E-state index is 11.9. The molecule has 1 aromatic carbocycles. The Morgan fingerprint density at radius 3 is 2.16 bits per heavy atom. The quantitative estimate of drug-likeness (QED) is 0.0785. The second-order valence-electron chi connectivity index (χ2n) is 6.48. The number of nitrogens with one attached hydrogen (secondary N) is 4. The third-order valence-corrected chi connectivity index (χ3v) is 3.57. The van der Waals surface area contributed by atoms with E-state index in [1.807, 2.05) is 7.05 Å². The summed E-state index contributed by atoms with van der Waals surface area (Å²) in [5, 5.41) is 10.4. The topological polar surface area (TPSA) is 178 Å². The van der Waals surface area contributed by atoms with E-state index in [1.165, 1.54) is 12.8 Å². The molecule has 0 bridgehead atoms. The normalized spacial score (nSPS) is 10.1. The Morgan fingerprint density at radius 1 is 1.22 bits per heavy atom. The van der Waals surface area contributed by atoms with Crippen molar-refractivity contribution in [3.05, 3.63) is 29.8 Å². The van der Waals surface area contributed by atoms with Gasteiger partial charge in [0.25, 0.3) is 0 Å². The third-order valence-electron chi connectivity index (χ3n) is 3.57. The van der Waals surface area contributed by atoms with Crippen LogP contribution in [0.15, 0.2) is 24.3 Å². The standard InChI is InChI=1S/C15H21N4O4.C4H11N.CH3NO.Fm/c1-10(2)14(18-9-20)15(22)17-7-13(21)19-12-5-3-11(4-6-12)8-23-16;1-3-4-5-2;2-1-3;/h3-6,10,14H,7-8,16H2,1-2H3,(H,17,22)(H,18,20)(H,19,21);5H,3-4H2,1-2H3;1H,(H2,2,3);/q-1;;;. The number of anilines is 1. The molecule has 0 saturated carbocycles. The van der Waals surface area contributed by atoms with Gasteiger partial charge in [-0.1, -0.05) is 32.9 Å². The van der Waals surface area contributed by atoms with Crippen LogP contribution in [0.2, 0.25) is 0 Å². The number of carbonyl (C=O) groups is 3. The molecule has 1 unspecified atom stereocenters. The molecular weight excluding hydrogens is 661 g/mol. The van der Waals surface area contributed by atoms with Crippen molar-refractivity contribution in [2.45, 2.75) is 39.8 Å². The molecule has 0 aliphatic rings. The van der Waals surface area contributed by atoms with Crippen molar-refractivity contribution in [1.82, 2.24) is 16.0 Å². The minimum Gasteiger partial charge on any atom is -0.520 e. The van der Waals surface area contributed by atoms with Gasteiger partial charge in [0.1, 0.15) is 0 Å². The minimum absolute atomic E-state index is 0. The van der Waals surface area contributed by atoms with Crippen molar-refractivity contribution < 1.29 is 24.0 Å². The van der Waals surface area contributed by atoms with E-state index in [4.69, 9.17) is 10.7 Å². The predicted octanol–water partition coefficient (Wildman–Crippen LogP) is -0.470. The van der Waals surface area contributed by atoms with Crippen LogP contribution in [0.5, 0.6) is 0 Å². The molecule has 0 saturated heterocycles. The number of rotatable bonds is 11. The van der Waals surface area contributed by atoms with Crippen molar-refractivity contribution in [2.75, 3.05) is 25.5 Å². The largest absolute Gasteiger partial charge is 0.520 e. The van der Waals surface area contributed by atoms with Crippen LogP contribution in [0, 0.1) is 5.92 Å². The summed E-state index contributed by atoms with van der Waals surface area (Å²) in [6, 6.07) is 6.21. The molecule has 188 valence electrons. The third kappa shape index (κ3) is 16.9. The molecule has 4 amide bonds. The van der Waals surface area contributed by atoms with Crippen molar-refractivity contribution >= 4 is 30.3 Å². The summed E-state index contributed by atoms with van der Waals surface area (Å²) in [6.07, 6.45) is 2.98. The van der Waals surface area contributed by atoms with Crippen LogP contribution in [0.25, 0.3) is 0 Å². The second kappa shape index (κ2) is 21.7. The molecule has 0 aliphatic carbocycles. The van der Waals surface area contributed by atoms with Crippen LogP contribution in [0.1, 0.15) is 32.8 Å². The predicted molar refractivity (Wildman–Crippen MR) is 119 cm³/mol. The summed E-state index contributed by atoms with van der Waals surface area (Å²) in [5.74, 6) is 4.05. The van der Waals surface area contributed by atoms with Gasteiger partial charge in [-0.25, -0.2) is 5.90 Å². The molecule has 1 atom stereocenters. The number of carbonyl (C=O) groups excluding carboxylic acids is 4. The van der Waals surface area contributed by atoms with E-state index in [1.54, 1.807) is 38.1 Å². The molecule has 12 heteroatoms. The average Bonchev–Trinajstić information content (AvgIpc) is 2.73. The molecule has 1 aromatic rings. The summed E-state index contributed by atoms with van der Waals surface area (Å²) in [4.78, 5) is 47.2. The van der Waals surface area contributed by atoms with E-state index in [2.05, 4.69) is 38.8 Å². The maximum atomic E-state index is 11.9. The van der Waals surface area contributed by atoms with Crippen molar-refractivity contribution in [2.24, 2.45) is 17.5 Å². The van der Waals surface area contributed by atoms with Gasteiger partial charge in [-0.15, -0.1) is 0 Å². The fourth-order valence-electron chi connectivity index (χ4n) is 2.11. The van der Waals surface area contributed by atoms with Gasteiger partial charge in [-0.2, -0.15) is 6.41 Å². The summed E-state index contributed by atoms with van der Waals surface area (Å²) in [5.41, 5.74) is 5.62. The molecule has 0 fully saturated rings. The summed E-state index contributed by atoms with van der Waals surface area (Å²) in [7, 11) is 1.96. The Hall–Kier alpha value is -4.02. The first-order valence-electron chi connectivity index (χ1n) is 9.71. The average molecular weight is 697 g/mol. The van der Waals surface area contributed by atoms with Gasteiger partial charge >= 0.3 is 0 Å². The molecule has 11 nitrogen and oxygen atoms in total. The van der Waals surface area contributed by atoms with E-state index in [0.717, 1.165) is 12.1 Å². The Labute approximate surface area is 183 Å². The molecule has 0 radical (unpaired) electrons. The van der Waals surface area contributed by atoms with Crippen molar-refractivity contribution in [1.29, 1.82) is 0 Å². The van der Waals surface area contributed by atoms with Crippen LogP contribution in [-0.4, -0.2) is 50.8 Å². The second-order valence-corrected chi connectivity index (χ2v) is 6.48. The first-order valence-corrected chi connectivity index (χ1v) is 9.71. The number of hydrogen-bond donors (Lipinski definition) is 6. The minimum atomic E-state index is -0.726. The number of amides is 4. The summed E-state index contributed by atoms with van der Waals surface area (Å²) >= 11 is 0. The molecule has 0 heterocycles. The zero-order valence-corrected chi connectivity index (χ0v) is 21.3. The Kier molecular flexibility index (Phi) is 22.1. The summed E-state index contributed by atoms with van der Waals surface area (Å²) in [6.45, 7) is 6.93. The SMILES string of the molecule is CC(C)C(N[C-]=O)C(=O)NCC(=O)Nc1ccc(CON)cc1.CCCNC.NC=O.[Fm]. The molecule has 0 aromatic heterocycles. The van der Waals surface area contributed by atoms with Crippen molar-refractivity contribution in [3.8, 4) is 0 Å². The van der Waals surface area contributed by atoms with Crippen LogP contribution in [0.4, 0.5) is 5.69 Å². The smallest absolute Gasteiger partial charge is 0.243 e. The number of benzene rings is 1. The first-order chi connectivity index (χ1) is 14.8. The molecule has 8 N–H and O–H groups in total. The van der Waals surface area contributed by atoms with Gasteiger partial charge in [-0.3, -0.25) is 19.2 Å². The van der Waals surface area contributed by atoms with E-state index < -0.39 is 11.9 Å². The number of hydrogen-bond acceptors (Lipinski definition) is 7. The van der Waals surface area contributed by atoms with E-state index >= 15 is 0 Å². The Bertz CT molecular complexity index is 629. The zero-order valence-electron chi connectivity index (χ0n) is 18.9. The van der Waals surface area contributed by atoms with Gasteiger partial charge in [0, 0.05) is 5.69 Å². The number of nitrogens with two attached hydrogens (primary N) is 2. The fourth-order valence-corrected chi connectivity index (χ4v) is 2.11. The monoisotopic (exact) mass is 696 g/mol. The van der Waals surface area contributed by atoms with Gasteiger partial charge in [0.2, 0.25) is 18.2 Å². The van der Waals surface area contributed by atoms with Crippen molar-refractivity contribution in [3.63, 3.8) is 0 Å². The zero-order chi connectivity index (χ0) is 24.1.